The molecule has 0 aliphatic rings. The molecule has 0 saturated carbocycles. The largest absolute Gasteiger partial charge is 0.454 e. The van der Waals surface area contributed by atoms with E-state index in [4.69, 9.17) is 4.74 Å². The van der Waals surface area contributed by atoms with E-state index in [9.17, 15) is 9.59 Å². The summed E-state index contributed by atoms with van der Waals surface area (Å²) in [6, 6.07) is 16.5. The Bertz CT molecular complexity index is 945. The molecule has 0 saturated heterocycles. The Balaban J connectivity index is 1.72. The minimum absolute atomic E-state index is 0.212. The number of esters is 1. The summed E-state index contributed by atoms with van der Waals surface area (Å²) in [6.07, 6.45) is 2.04. The third-order valence-corrected chi connectivity index (χ3v) is 4.21. The van der Waals surface area contributed by atoms with Crippen LogP contribution in [0, 0.1) is 6.92 Å². The average Bonchev–Trinajstić information content (AvgIpc) is 2.66. The quantitative estimate of drug-likeness (QED) is 0.485. The van der Waals surface area contributed by atoms with Gasteiger partial charge in [0.25, 0.3) is 0 Å². The second kappa shape index (κ2) is 7.91. The van der Waals surface area contributed by atoms with Gasteiger partial charge in [-0.15, -0.1) is 0 Å². The summed E-state index contributed by atoms with van der Waals surface area (Å²) in [4.78, 5) is 29.2. The average molecular weight is 347 g/mol. The number of aryl methyl sites for hydroxylation is 2. The van der Waals surface area contributed by atoms with Gasteiger partial charge in [-0.2, -0.15) is 0 Å². The SMILES string of the molecule is CCCc1ccc(C(=O)COC(=O)c2cc(C)nc3ccccc23)cc1. The molecule has 3 rings (SSSR count). The van der Waals surface area contributed by atoms with Gasteiger partial charge in [-0.05, 0) is 31.0 Å². The predicted molar refractivity (Wildman–Crippen MR) is 102 cm³/mol. The Morgan fingerprint density at radius 1 is 1.04 bits per heavy atom. The van der Waals surface area contributed by atoms with Crippen molar-refractivity contribution in [1.29, 1.82) is 0 Å². The zero-order valence-electron chi connectivity index (χ0n) is 15.0. The molecule has 0 amide bonds. The molecule has 0 spiro atoms. The van der Waals surface area contributed by atoms with Gasteiger partial charge in [-0.1, -0.05) is 55.8 Å². The highest BCUT2D eigenvalue weighted by atomic mass is 16.5. The van der Waals surface area contributed by atoms with Crippen LogP contribution in [0.3, 0.4) is 0 Å². The Morgan fingerprint density at radius 3 is 2.50 bits per heavy atom. The van der Waals surface area contributed by atoms with Crippen LogP contribution in [-0.2, 0) is 11.2 Å². The number of pyridine rings is 1. The third-order valence-electron chi connectivity index (χ3n) is 4.21. The molecule has 3 aromatic rings. The molecular formula is C22H21NO3. The zero-order chi connectivity index (χ0) is 18.5. The van der Waals surface area contributed by atoms with Gasteiger partial charge in [0.1, 0.15) is 0 Å². The first-order valence-corrected chi connectivity index (χ1v) is 8.74. The molecule has 0 N–H and O–H groups in total. The van der Waals surface area contributed by atoms with Crippen molar-refractivity contribution < 1.29 is 14.3 Å². The Labute approximate surface area is 152 Å². The van der Waals surface area contributed by atoms with Crippen molar-refractivity contribution in [1.82, 2.24) is 4.98 Å². The second-order valence-electron chi connectivity index (χ2n) is 6.27. The number of benzene rings is 2. The lowest BCUT2D eigenvalue weighted by Crippen LogP contribution is -2.15. The standard InChI is InChI=1S/C22H21NO3/c1-3-6-16-9-11-17(12-10-16)21(24)14-26-22(25)19-13-15(2)23-20-8-5-4-7-18(19)20/h4-5,7-13H,3,6,14H2,1-2H3. The molecule has 1 aromatic heterocycles. The van der Waals surface area contributed by atoms with E-state index in [0.717, 1.165) is 29.4 Å². The topological polar surface area (TPSA) is 56.3 Å². The summed E-state index contributed by atoms with van der Waals surface area (Å²) < 4.78 is 5.27. The van der Waals surface area contributed by atoms with E-state index < -0.39 is 5.97 Å². The fourth-order valence-corrected chi connectivity index (χ4v) is 2.91. The molecule has 0 unspecified atom stereocenters. The monoisotopic (exact) mass is 347 g/mol. The molecule has 0 atom stereocenters. The van der Waals surface area contributed by atoms with Gasteiger partial charge in [0.2, 0.25) is 0 Å². The Morgan fingerprint density at radius 2 is 1.77 bits per heavy atom. The second-order valence-corrected chi connectivity index (χ2v) is 6.27. The molecule has 0 bridgehead atoms. The van der Waals surface area contributed by atoms with E-state index >= 15 is 0 Å². The van der Waals surface area contributed by atoms with Crippen LogP contribution in [0.5, 0.6) is 0 Å². The first-order chi connectivity index (χ1) is 12.6. The van der Waals surface area contributed by atoms with Crippen LogP contribution < -0.4 is 0 Å². The van der Waals surface area contributed by atoms with E-state index in [-0.39, 0.29) is 12.4 Å². The smallest absolute Gasteiger partial charge is 0.339 e. The van der Waals surface area contributed by atoms with Crippen molar-refractivity contribution in [3.8, 4) is 0 Å². The minimum Gasteiger partial charge on any atom is -0.454 e. The molecule has 0 aliphatic carbocycles. The van der Waals surface area contributed by atoms with Gasteiger partial charge < -0.3 is 4.74 Å². The zero-order valence-corrected chi connectivity index (χ0v) is 15.0. The van der Waals surface area contributed by atoms with Crippen LogP contribution in [0.15, 0.2) is 54.6 Å². The van der Waals surface area contributed by atoms with Gasteiger partial charge >= 0.3 is 5.97 Å². The summed E-state index contributed by atoms with van der Waals surface area (Å²) in [5.41, 5.74) is 3.64. The van der Waals surface area contributed by atoms with Crippen molar-refractivity contribution in [2.24, 2.45) is 0 Å². The number of rotatable bonds is 6. The molecule has 1 heterocycles. The number of ketones is 1. The van der Waals surface area contributed by atoms with Gasteiger partial charge in [0.15, 0.2) is 12.4 Å². The first-order valence-electron chi connectivity index (χ1n) is 8.74. The molecule has 26 heavy (non-hydrogen) atoms. The third kappa shape index (κ3) is 3.97. The van der Waals surface area contributed by atoms with Crippen molar-refractivity contribution in [2.75, 3.05) is 6.61 Å². The molecule has 0 aliphatic heterocycles. The van der Waals surface area contributed by atoms with Crippen molar-refractivity contribution >= 4 is 22.7 Å². The number of aromatic nitrogens is 1. The summed E-state index contributed by atoms with van der Waals surface area (Å²) in [5, 5.41) is 0.722. The normalized spacial score (nSPS) is 10.7. The summed E-state index contributed by atoms with van der Waals surface area (Å²) in [7, 11) is 0. The minimum atomic E-state index is -0.511. The molecule has 2 aromatic carbocycles. The van der Waals surface area contributed by atoms with Gasteiger partial charge in [-0.25, -0.2) is 4.79 Å². The van der Waals surface area contributed by atoms with Crippen molar-refractivity contribution in [2.45, 2.75) is 26.7 Å². The Hall–Kier alpha value is -3.01. The summed E-state index contributed by atoms with van der Waals surface area (Å²) >= 11 is 0. The lowest BCUT2D eigenvalue weighted by Gasteiger charge is -2.08. The van der Waals surface area contributed by atoms with E-state index in [1.807, 2.05) is 43.3 Å². The lowest BCUT2D eigenvalue weighted by atomic mass is 10.1. The maximum Gasteiger partial charge on any atom is 0.339 e. The number of nitrogens with zero attached hydrogens (tertiary/aromatic N) is 1. The van der Waals surface area contributed by atoms with E-state index in [1.165, 1.54) is 5.56 Å². The number of Topliss-reactive ketones (excluding diaryl/α,β-unsaturated/α-hetero) is 1. The number of fused-ring (bicyclic) bond motifs is 1. The number of para-hydroxylation sites is 1. The van der Waals surface area contributed by atoms with Crippen LogP contribution in [0.2, 0.25) is 0 Å². The number of ether oxygens (including phenoxy) is 1. The van der Waals surface area contributed by atoms with Crippen LogP contribution in [0.1, 0.15) is 45.3 Å². The fraction of sp³-hybridized carbons (Fsp3) is 0.227. The van der Waals surface area contributed by atoms with Crippen LogP contribution >= 0.6 is 0 Å². The van der Waals surface area contributed by atoms with Crippen LogP contribution in [0.25, 0.3) is 10.9 Å². The van der Waals surface area contributed by atoms with Gasteiger partial charge in [0, 0.05) is 16.6 Å². The van der Waals surface area contributed by atoms with E-state index in [0.29, 0.717) is 11.1 Å². The molecule has 4 heteroatoms. The predicted octanol–water partition coefficient (Wildman–Crippen LogP) is 4.54. The van der Waals surface area contributed by atoms with E-state index in [1.54, 1.807) is 18.2 Å². The number of carbonyl (C=O) groups excluding carboxylic acids is 2. The van der Waals surface area contributed by atoms with Crippen molar-refractivity contribution in [3.63, 3.8) is 0 Å². The van der Waals surface area contributed by atoms with Gasteiger partial charge in [-0.3, -0.25) is 9.78 Å². The summed E-state index contributed by atoms with van der Waals surface area (Å²) in [6.45, 7) is 3.66. The molecule has 0 fully saturated rings. The van der Waals surface area contributed by atoms with Crippen LogP contribution in [0.4, 0.5) is 0 Å². The first kappa shape index (κ1) is 17.8. The summed E-state index contributed by atoms with van der Waals surface area (Å²) in [5.74, 6) is -0.723. The van der Waals surface area contributed by atoms with Crippen molar-refractivity contribution in [3.05, 3.63) is 77.0 Å². The molecule has 0 radical (unpaired) electrons. The molecular weight excluding hydrogens is 326 g/mol. The highest BCUT2D eigenvalue weighted by molar-refractivity contribution is 6.05. The van der Waals surface area contributed by atoms with Crippen LogP contribution in [-0.4, -0.2) is 23.3 Å². The lowest BCUT2D eigenvalue weighted by molar-refractivity contribution is 0.0476. The number of carbonyl (C=O) groups is 2. The maximum absolute atomic E-state index is 12.5. The highest BCUT2D eigenvalue weighted by Crippen LogP contribution is 2.19. The fourth-order valence-electron chi connectivity index (χ4n) is 2.91. The molecule has 132 valence electrons. The number of hydrogen-bond acceptors (Lipinski definition) is 4. The van der Waals surface area contributed by atoms with E-state index in [2.05, 4.69) is 11.9 Å². The highest BCUT2D eigenvalue weighted by Gasteiger charge is 2.15. The Kier molecular flexibility index (Phi) is 5.42. The molecule has 4 nitrogen and oxygen atoms in total. The van der Waals surface area contributed by atoms with Gasteiger partial charge in [0.05, 0.1) is 11.1 Å². The number of hydrogen-bond donors (Lipinski definition) is 0. The maximum atomic E-state index is 12.5.